The van der Waals surface area contributed by atoms with Gasteiger partial charge in [-0.3, -0.25) is 0 Å². The normalized spacial score (nSPS) is 17.4. The van der Waals surface area contributed by atoms with Crippen molar-refractivity contribution in [3.05, 3.63) is 40.9 Å². The third-order valence-corrected chi connectivity index (χ3v) is 2.76. The van der Waals surface area contributed by atoms with Crippen LogP contribution in [0.4, 0.5) is 0 Å². The highest BCUT2D eigenvalue weighted by atomic mass is 35.5. The van der Waals surface area contributed by atoms with Crippen molar-refractivity contribution >= 4 is 17.2 Å². The molecule has 0 saturated heterocycles. The van der Waals surface area contributed by atoms with Crippen LogP contribution < -0.4 is 5.32 Å². The van der Waals surface area contributed by atoms with Gasteiger partial charge in [0.15, 0.2) is 0 Å². The highest BCUT2D eigenvalue weighted by Gasteiger charge is 2.04. The van der Waals surface area contributed by atoms with Crippen molar-refractivity contribution in [1.82, 2.24) is 5.32 Å². The van der Waals surface area contributed by atoms with Crippen LogP contribution >= 0.6 is 11.6 Å². The van der Waals surface area contributed by atoms with Gasteiger partial charge in [-0.05, 0) is 42.7 Å². The predicted molar refractivity (Wildman–Crippen MR) is 61.5 cm³/mol. The van der Waals surface area contributed by atoms with Gasteiger partial charge in [0.05, 0.1) is 0 Å². The minimum atomic E-state index is 0.807. The van der Waals surface area contributed by atoms with E-state index in [1.807, 2.05) is 12.1 Å². The molecule has 0 unspecified atom stereocenters. The zero-order valence-corrected chi connectivity index (χ0v) is 8.85. The van der Waals surface area contributed by atoms with E-state index in [9.17, 15) is 0 Å². The molecule has 1 aliphatic heterocycles. The smallest absolute Gasteiger partial charge is 0.0406 e. The first-order valence-corrected chi connectivity index (χ1v) is 5.40. The predicted octanol–water partition coefficient (Wildman–Crippen LogP) is 3.11. The molecule has 0 bridgehead atoms. The van der Waals surface area contributed by atoms with Crippen LogP contribution in [0.2, 0.25) is 5.02 Å². The van der Waals surface area contributed by atoms with E-state index in [0.717, 1.165) is 24.5 Å². The van der Waals surface area contributed by atoms with Crippen molar-refractivity contribution in [1.29, 1.82) is 0 Å². The van der Waals surface area contributed by atoms with Crippen LogP contribution in [0.15, 0.2) is 30.3 Å². The van der Waals surface area contributed by atoms with E-state index < -0.39 is 0 Å². The summed E-state index contributed by atoms with van der Waals surface area (Å²) >= 11 is 5.85. The molecule has 2 rings (SSSR count). The summed E-state index contributed by atoms with van der Waals surface area (Å²) in [6.07, 6.45) is 4.65. The molecule has 1 aliphatic rings. The number of halogens is 1. The molecule has 1 aromatic rings. The molecular formula is C12H14ClN. The minimum Gasteiger partial charge on any atom is -0.313 e. The molecule has 0 aliphatic carbocycles. The van der Waals surface area contributed by atoms with E-state index in [4.69, 9.17) is 11.6 Å². The van der Waals surface area contributed by atoms with Gasteiger partial charge in [-0.2, -0.15) is 0 Å². The maximum absolute atomic E-state index is 5.85. The molecule has 1 heterocycles. The first kappa shape index (κ1) is 9.75. The van der Waals surface area contributed by atoms with Crippen molar-refractivity contribution < 1.29 is 0 Å². The molecule has 0 amide bonds. The van der Waals surface area contributed by atoms with E-state index in [2.05, 4.69) is 23.5 Å². The molecule has 14 heavy (non-hydrogen) atoms. The maximum Gasteiger partial charge on any atom is 0.0406 e. The Labute approximate surface area is 89.8 Å². The molecular weight excluding hydrogens is 194 g/mol. The molecule has 0 aromatic heterocycles. The van der Waals surface area contributed by atoms with Crippen molar-refractivity contribution in [3.8, 4) is 0 Å². The Kier molecular flexibility index (Phi) is 3.22. The average molecular weight is 208 g/mol. The maximum atomic E-state index is 5.85. The van der Waals surface area contributed by atoms with Gasteiger partial charge in [-0.15, -0.1) is 0 Å². The van der Waals surface area contributed by atoms with Crippen molar-refractivity contribution in [2.24, 2.45) is 0 Å². The van der Waals surface area contributed by atoms with Gasteiger partial charge in [-0.25, -0.2) is 0 Å². The number of rotatable bonds is 1. The fourth-order valence-corrected chi connectivity index (χ4v) is 1.86. The Morgan fingerprint density at radius 2 is 1.93 bits per heavy atom. The van der Waals surface area contributed by atoms with Crippen molar-refractivity contribution in [2.45, 2.75) is 12.8 Å². The number of benzene rings is 1. The van der Waals surface area contributed by atoms with Crippen LogP contribution in [0, 0.1) is 0 Å². The Bertz CT molecular complexity index is 327. The lowest BCUT2D eigenvalue weighted by Crippen LogP contribution is -2.12. The standard InChI is InChI=1S/C12H14ClN/c13-12-5-3-11(4-6-12)10-2-1-8-14-9-7-10/h3-7,14H,1-2,8-9H2. The summed E-state index contributed by atoms with van der Waals surface area (Å²) in [6, 6.07) is 8.10. The summed E-state index contributed by atoms with van der Waals surface area (Å²) in [5.41, 5.74) is 2.74. The third-order valence-electron chi connectivity index (χ3n) is 2.51. The van der Waals surface area contributed by atoms with E-state index in [1.54, 1.807) is 0 Å². The van der Waals surface area contributed by atoms with Crippen LogP contribution in [0.1, 0.15) is 18.4 Å². The van der Waals surface area contributed by atoms with Crippen LogP contribution in [0.25, 0.3) is 5.57 Å². The third kappa shape index (κ3) is 2.37. The molecule has 0 atom stereocenters. The van der Waals surface area contributed by atoms with Gasteiger partial charge in [0.1, 0.15) is 0 Å². The second-order valence-electron chi connectivity index (χ2n) is 3.54. The number of nitrogens with one attached hydrogen (secondary N) is 1. The van der Waals surface area contributed by atoms with Crippen molar-refractivity contribution in [2.75, 3.05) is 13.1 Å². The fourth-order valence-electron chi connectivity index (χ4n) is 1.73. The first-order chi connectivity index (χ1) is 6.86. The van der Waals surface area contributed by atoms with Crippen LogP contribution in [-0.4, -0.2) is 13.1 Å². The summed E-state index contributed by atoms with van der Waals surface area (Å²) in [5.74, 6) is 0. The number of hydrogen-bond acceptors (Lipinski definition) is 1. The monoisotopic (exact) mass is 207 g/mol. The quantitative estimate of drug-likeness (QED) is 0.746. The Morgan fingerprint density at radius 1 is 1.14 bits per heavy atom. The van der Waals surface area contributed by atoms with E-state index in [1.165, 1.54) is 17.6 Å². The highest BCUT2D eigenvalue weighted by molar-refractivity contribution is 6.30. The minimum absolute atomic E-state index is 0.807. The summed E-state index contributed by atoms with van der Waals surface area (Å²) in [7, 11) is 0. The van der Waals surface area contributed by atoms with E-state index in [-0.39, 0.29) is 0 Å². The second-order valence-corrected chi connectivity index (χ2v) is 3.98. The lowest BCUT2D eigenvalue weighted by Gasteiger charge is -2.04. The number of hydrogen-bond donors (Lipinski definition) is 1. The highest BCUT2D eigenvalue weighted by Crippen LogP contribution is 2.22. The fraction of sp³-hybridized carbons (Fsp3) is 0.333. The Morgan fingerprint density at radius 3 is 2.71 bits per heavy atom. The summed E-state index contributed by atoms with van der Waals surface area (Å²) in [6.45, 7) is 2.10. The lowest BCUT2D eigenvalue weighted by molar-refractivity contribution is 0.723. The summed E-state index contributed by atoms with van der Waals surface area (Å²) in [4.78, 5) is 0. The zero-order chi connectivity index (χ0) is 9.80. The molecule has 0 radical (unpaired) electrons. The van der Waals surface area contributed by atoms with Crippen LogP contribution in [-0.2, 0) is 0 Å². The second kappa shape index (κ2) is 4.63. The Balaban J connectivity index is 2.20. The molecule has 74 valence electrons. The van der Waals surface area contributed by atoms with Gasteiger partial charge in [0.2, 0.25) is 0 Å². The summed E-state index contributed by atoms with van der Waals surface area (Å²) in [5, 5.41) is 4.16. The topological polar surface area (TPSA) is 12.0 Å². The molecule has 0 saturated carbocycles. The van der Waals surface area contributed by atoms with Crippen LogP contribution in [0.5, 0.6) is 0 Å². The average Bonchev–Trinajstić information content (AvgIpc) is 2.47. The molecule has 1 aromatic carbocycles. The van der Waals surface area contributed by atoms with Crippen molar-refractivity contribution in [3.63, 3.8) is 0 Å². The van der Waals surface area contributed by atoms with E-state index >= 15 is 0 Å². The zero-order valence-electron chi connectivity index (χ0n) is 8.09. The largest absolute Gasteiger partial charge is 0.313 e. The van der Waals surface area contributed by atoms with Gasteiger partial charge in [-0.1, -0.05) is 29.8 Å². The van der Waals surface area contributed by atoms with Gasteiger partial charge in [0.25, 0.3) is 0 Å². The van der Waals surface area contributed by atoms with Crippen LogP contribution in [0.3, 0.4) is 0 Å². The summed E-state index contributed by atoms with van der Waals surface area (Å²) < 4.78 is 0. The molecule has 2 heteroatoms. The van der Waals surface area contributed by atoms with E-state index in [0.29, 0.717) is 0 Å². The Hall–Kier alpha value is -0.790. The lowest BCUT2D eigenvalue weighted by atomic mass is 10.0. The van der Waals surface area contributed by atoms with Gasteiger partial charge >= 0.3 is 0 Å². The molecule has 1 nitrogen and oxygen atoms in total. The molecule has 0 fully saturated rings. The SMILES string of the molecule is Clc1ccc(C2=CCNCCC2)cc1. The van der Waals surface area contributed by atoms with Gasteiger partial charge in [0, 0.05) is 11.6 Å². The number of allylic oxidation sites excluding steroid dienone is 1. The molecule has 1 N–H and O–H groups in total. The molecule has 0 spiro atoms. The first-order valence-electron chi connectivity index (χ1n) is 5.02. The van der Waals surface area contributed by atoms with Gasteiger partial charge < -0.3 is 5.32 Å².